The van der Waals surface area contributed by atoms with Crippen molar-refractivity contribution in [1.82, 2.24) is 0 Å². The largest absolute Gasteiger partial charge is 0.366 e. The van der Waals surface area contributed by atoms with Gasteiger partial charge in [0.1, 0.15) is 0 Å². The Labute approximate surface area is 76.0 Å². The molecule has 11 heavy (non-hydrogen) atoms. The molecule has 0 aromatic heterocycles. The summed E-state index contributed by atoms with van der Waals surface area (Å²) in [7, 11) is 0. The van der Waals surface area contributed by atoms with Gasteiger partial charge in [-0.15, -0.1) is 23.5 Å². The van der Waals surface area contributed by atoms with E-state index in [9.17, 15) is 4.79 Å². The van der Waals surface area contributed by atoms with Crippen LogP contribution in [0.5, 0.6) is 0 Å². The zero-order valence-corrected chi connectivity index (χ0v) is 8.43. The molecule has 0 bridgehead atoms. The molecule has 0 atom stereocenters. The van der Waals surface area contributed by atoms with Crippen LogP contribution in [0.1, 0.15) is 13.8 Å². The second-order valence-electron chi connectivity index (χ2n) is 1.73. The first-order valence-electron chi connectivity index (χ1n) is 3.47. The van der Waals surface area contributed by atoms with Crippen molar-refractivity contribution in [2.45, 2.75) is 13.8 Å². The van der Waals surface area contributed by atoms with Gasteiger partial charge in [-0.25, -0.2) is 0 Å². The molecule has 0 aliphatic heterocycles. The van der Waals surface area contributed by atoms with Crippen LogP contribution in [-0.4, -0.2) is 17.4 Å². The van der Waals surface area contributed by atoms with E-state index in [4.69, 9.17) is 5.73 Å². The smallest absolute Gasteiger partial charge is 0.243 e. The summed E-state index contributed by atoms with van der Waals surface area (Å²) in [4.78, 5) is 10.5. The van der Waals surface area contributed by atoms with Gasteiger partial charge in [-0.1, -0.05) is 13.8 Å². The topological polar surface area (TPSA) is 43.1 Å². The van der Waals surface area contributed by atoms with E-state index < -0.39 is 0 Å². The van der Waals surface area contributed by atoms with E-state index >= 15 is 0 Å². The third kappa shape index (κ3) is 6.31. The number of amides is 1. The molecule has 0 saturated heterocycles. The van der Waals surface area contributed by atoms with Crippen molar-refractivity contribution in [3.63, 3.8) is 0 Å². The fourth-order valence-corrected chi connectivity index (χ4v) is 2.53. The van der Waals surface area contributed by atoms with Crippen molar-refractivity contribution < 1.29 is 4.79 Å². The number of thioether (sulfide) groups is 2. The van der Waals surface area contributed by atoms with Gasteiger partial charge in [-0.2, -0.15) is 0 Å². The quantitative estimate of drug-likeness (QED) is 0.674. The molecular weight excluding hydrogens is 178 g/mol. The van der Waals surface area contributed by atoms with Gasteiger partial charge in [0.15, 0.2) is 0 Å². The zero-order valence-electron chi connectivity index (χ0n) is 6.79. The van der Waals surface area contributed by atoms with Crippen LogP contribution in [0.25, 0.3) is 0 Å². The summed E-state index contributed by atoms with van der Waals surface area (Å²) in [6, 6.07) is 0. The number of carbonyl (C=O) groups is 1. The van der Waals surface area contributed by atoms with Crippen LogP contribution < -0.4 is 5.73 Å². The summed E-state index contributed by atoms with van der Waals surface area (Å²) in [5.74, 6) is 1.60. The van der Waals surface area contributed by atoms with E-state index in [1.165, 1.54) is 6.08 Å². The predicted octanol–water partition coefficient (Wildman–Crippen LogP) is 1.82. The summed E-state index contributed by atoms with van der Waals surface area (Å²) in [6.07, 6.45) is 1.49. The monoisotopic (exact) mass is 191 g/mol. The van der Waals surface area contributed by atoms with E-state index in [-0.39, 0.29) is 5.91 Å². The Kier molecular flexibility index (Phi) is 6.56. The summed E-state index contributed by atoms with van der Waals surface area (Å²) in [6.45, 7) is 4.10. The van der Waals surface area contributed by atoms with Crippen LogP contribution >= 0.6 is 23.5 Å². The third-order valence-corrected chi connectivity index (χ3v) is 2.92. The molecule has 0 fully saturated rings. The molecule has 4 heteroatoms. The molecule has 0 saturated carbocycles. The number of carbonyl (C=O) groups excluding carboxylic acids is 1. The molecule has 0 aliphatic rings. The van der Waals surface area contributed by atoms with Crippen LogP contribution in [0.3, 0.4) is 0 Å². The Morgan fingerprint density at radius 1 is 1.36 bits per heavy atom. The Balaban J connectivity index is 3.96. The van der Waals surface area contributed by atoms with E-state index in [0.29, 0.717) is 0 Å². The molecule has 0 rings (SSSR count). The highest BCUT2D eigenvalue weighted by atomic mass is 32.2. The lowest BCUT2D eigenvalue weighted by Gasteiger charge is -2.00. The van der Waals surface area contributed by atoms with Gasteiger partial charge in [0.05, 0.1) is 0 Å². The van der Waals surface area contributed by atoms with Crippen LogP contribution in [0.2, 0.25) is 0 Å². The lowest BCUT2D eigenvalue weighted by atomic mass is 10.6. The van der Waals surface area contributed by atoms with Crippen molar-refractivity contribution in [2.75, 3.05) is 11.5 Å². The number of primary amides is 1. The standard InChI is InChI=1S/C7H13NOS2/c1-3-10-7(11-4-2)5-6(8)9/h5H,3-4H2,1-2H3,(H2,8,9). The molecule has 0 unspecified atom stereocenters. The Bertz CT molecular complexity index is 149. The van der Waals surface area contributed by atoms with Gasteiger partial charge in [0, 0.05) is 10.3 Å². The molecule has 0 radical (unpaired) electrons. The van der Waals surface area contributed by atoms with Crippen LogP contribution in [0.15, 0.2) is 10.3 Å². The minimum Gasteiger partial charge on any atom is -0.366 e. The van der Waals surface area contributed by atoms with E-state index in [1.807, 2.05) is 0 Å². The van der Waals surface area contributed by atoms with E-state index in [2.05, 4.69) is 13.8 Å². The van der Waals surface area contributed by atoms with Gasteiger partial charge in [0.2, 0.25) is 5.91 Å². The highest BCUT2D eigenvalue weighted by Gasteiger charge is 1.97. The van der Waals surface area contributed by atoms with Gasteiger partial charge >= 0.3 is 0 Å². The molecular formula is C7H13NOS2. The molecule has 0 aliphatic carbocycles. The maximum Gasteiger partial charge on any atom is 0.243 e. The fraction of sp³-hybridized carbons (Fsp3) is 0.571. The lowest BCUT2D eigenvalue weighted by molar-refractivity contribution is -0.113. The average Bonchev–Trinajstić information content (AvgIpc) is 1.87. The molecule has 0 heterocycles. The number of nitrogens with two attached hydrogens (primary N) is 1. The SMILES string of the molecule is CCSC(=CC(N)=O)SCC. The van der Waals surface area contributed by atoms with E-state index in [1.54, 1.807) is 23.5 Å². The van der Waals surface area contributed by atoms with Crippen molar-refractivity contribution >= 4 is 29.4 Å². The molecule has 2 N–H and O–H groups in total. The summed E-state index contributed by atoms with van der Waals surface area (Å²) in [5.41, 5.74) is 5.01. The van der Waals surface area contributed by atoms with Crippen LogP contribution in [-0.2, 0) is 4.79 Å². The van der Waals surface area contributed by atoms with Gasteiger partial charge in [0.25, 0.3) is 0 Å². The van der Waals surface area contributed by atoms with Crippen molar-refractivity contribution in [3.05, 3.63) is 10.3 Å². The maximum absolute atomic E-state index is 10.5. The second-order valence-corrected chi connectivity index (χ2v) is 4.60. The normalized spacial score (nSPS) is 9.27. The van der Waals surface area contributed by atoms with Crippen molar-refractivity contribution in [3.8, 4) is 0 Å². The number of hydrogen-bond acceptors (Lipinski definition) is 3. The van der Waals surface area contributed by atoms with Crippen LogP contribution in [0, 0.1) is 0 Å². The first-order chi connectivity index (χ1) is 5.20. The minimum atomic E-state index is -0.359. The zero-order chi connectivity index (χ0) is 8.69. The van der Waals surface area contributed by atoms with Gasteiger partial charge < -0.3 is 5.73 Å². The Morgan fingerprint density at radius 2 is 1.82 bits per heavy atom. The molecule has 2 nitrogen and oxygen atoms in total. The highest BCUT2D eigenvalue weighted by molar-refractivity contribution is 8.22. The van der Waals surface area contributed by atoms with Gasteiger partial charge in [-0.3, -0.25) is 4.79 Å². The first kappa shape index (κ1) is 10.9. The van der Waals surface area contributed by atoms with Crippen LogP contribution in [0.4, 0.5) is 0 Å². The average molecular weight is 191 g/mol. The third-order valence-electron chi connectivity index (χ3n) is 0.833. The fourth-order valence-electron chi connectivity index (χ4n) is 0.526. The Hall–Kier alpha value is -0.0900. The first-order valence-corrected chi connectivity index (χ1v) is 5.44. The number of hydrogen-bond donors (Lipinski definition) is 1. The molecule has 0 aromatic carbocycles. The molecule has 64 valence electrons. The van der Waals surface area contributed by atoms with Crippen molar-refractivity contribution in [1.29, 1.82) is 0 Å². The molecule has 0 spiro atoms. The maximum atomic E-state index is 10.5. The minimum absolute atomic E-state index is 0.359. The highest BCUT2D eigenvalue weighted by Crippen LogP contribution is 2.27. The molecule has 0 aromatic rings. The lowest BCUT2D eigenvalue weighted by Crippen LogP contribution is -2.06. The summed E-state index contributed by atoms with van der Waals surface area (Å²) < 4.78 is 1.02. The summed E-state index contributed by atoms with van der Waals surface area (Å²) in [5, 5.41) is 0. The second kappa shape index (κ2) is 6.61. The Morgan fingerprint density at radius 3 is 2.09 bits per heavy atom. The number of rotatable bonds is 5. The van der Waals surface area contributed by atoms with E-state index in [0.717, 1.165) is 15.7 Å². The molecule has 1 amide bonds. The summed E-state index contributed by atoms with van der Waals surface area (Å²) >= 11 is 3.31. The van der Waals surface area contributed by atoms with Crippen molar-refractivity contribution in [2.24, 2.45) is 5.73 Å². The van der Waals surface area contributed by atoms with Gasteiger partial charge in [-0.05, 0) is 11.5 Å². The predicted molar refractivity (Wildman–Crippen MR) is 53.5 cm³/mol.